The van der Waals surface area contributed by atoms with Crippen LogP contribution in [-0.2, 0) is 4.79 Å². The molecule has 4 nitrogen and oxygen atoms in total. The molecule has 0 saturated carbocycles. The molecule has 0 aliphatic rings. The summed E-state index contributed by atoms with van der Waals surface area (Å²) in [6.07, 6.45) is 2.10. The lowest BCUT2D eigenvalue weighted by atomic mass is 10.1. The van der Waals surface area contributed by atoms with E-state index < -0.39 is 0 Å². The van der Waals surface area contributed by atoms with Gasteiger partial charge in [0.1, 0.15) is 5.75 Å². The Kier molecular flexibility index (Phi) is 7.09. The molecule has 0 radical (unpaired) electrons. The van der Waals surface area contributed by atoms with Crippen molar-refractivity contribution >= 4 is 5.91 Å². The maximum absolute atomic E-state index is 11.9. The number of benzene rings is 1. The Hall–Kier alpha value is -1.55. The highest BCUT2D eigenvalue weighted by molar-refractivity contribution is 5.81. The van der Waals surface area contributed by atoms with Gasteiger partial charge in [-0.25, -0.2) is 0 Å². The first-order chi connectivity index (χ1) is 9.60. The lowest BCUT2D eigenvalue weighted by molar-refractivity contribution is -0.122. The van der Waals surface area contributed by atoms with Crippen LogP contribution in [0.2, 0.25) is 0 Å². The summed E-state index contributed by atoms with van der Waals surface area (Å²) in [4.78, 5) is 11.9. The highest BCUT2D eigenvalue weighted by atomic mass is 16.5. The third-order valence-corrected chi connectivity index (χ3v) is 3.33. The molecule has 0 bridgehead atoms. The van der Waals surface area contributed by atoms with Crippen molar-refractivity contribution in [2.24, 2.45) is 0 Å². The highest BCUT2D eigenvalue weighted by Gasteiger charge is 2.17. The molecule has 1 aromatic rings. The quantitative estimate of drug-likeness (QED) is 0.719. The van der Waals surface area contributed by atoms with Gasteiger partial charge >= 0.3 is 0 Å². The van der Waals surface area contributed by atoms with E-state index in [4.69, 9.17) is 4.74 Å². The van der Waals surface area contributed by atoms with Crippen LogP contribution < -0.4 is 15.4 Å². The summed E-state index contributed by atoms with van der Waals surface area (Å²) in [7, 11) is 1.66. The first-order valence-electron chi connectivity index (χ1n) is 7.26. The third-order valence-electron chi connectivity index (χ3n) is 3.33. The zero-order chi connectivity index (χ0) is 15.0. The molecule has 0 spiro atoms. The third kappa shape index (κ3) is 4.85. The largest absolute Gasteiger partial charge is 0.496 e. The van der Waals surface area contributed by atoms with Crippen LogP contribution >= 0.6 is 0 Å². The minimum absolute atomic E-state index is 0.0418. The fourth-order valence-electron chi connectivity index (χ4n) is 2.11. The molecule has 1 amide bonds. The number of ether oxygens (including phenoxy) is 1. The number of methoxy groups -OCH3 is 1. The molecule has 1 rings (SSSR count). The average molecular weight is 278 g/mol. The van der Waals surface area contributed by atoms with Gasteiger partial charge in [0.15, 0.2) is 0 Å². The molecule has 0 aromatic heterocycles. The Balaban J connectivity index is 2.56. The van der Waals surface area contributed by atoms with Crippen molar-refractivity contribution in [2.75, 3.05) is 13.7 Å². The lowest BCUT2D eigenvalue weighted by Gasteiger charge is -2.21. The predicted molar refractivity (Wildman–Crippen MR) is 81.9 cm³/mol. The van der Waals surface area contributed by atoms with Gasteiger partial charge in [0, 0.05) is 18.2 Å². The molecule has 0 aliphatic carbocycles. The van der Waals surface area contributed by atoms with E-state index in [1.165, 1.54) is 0 Å². The van der Waals surface area contributed by atoms with Crippen molar-refractivity contribution in [3.8, 4) is 5.75 Å². The van der Waals surface area contributed by atoms with Gasteiger partial charge in [-0.3, -0.25) is 10.1 Å². The maximum atomic E-state index is 11.9. The summed E-state index contributed by atoms with van der Waals surface area (Å²) in [6, 6.07) is 7.68. The summed E-state index contributed by atoms with van der Waals surface area (Å²) in [5.74, 6) is 0.881. The van der Waals surface area contributed by atoms with Crippen LogP contribution in [0, 0.1) is 0 Å². The number of hydrogen-bond acceptors (Lipinski definition) is 3. The monoisotopic (exact) mass is 278 g/mol. The second-order valence-electron chi connectivity index (χ2n) is 5.00. The maximum Gasteiger partial charge on any atom is 0.236 e. The number of amides is 1. The molecule has 1 unspecified atom stereocenters. The number of para-hydroxylation sites is 1. The molecule has 0 heterocycles. The van der Waals surface area contributed by atoms with Gasteiger partial charge < -0.3 is 10.1 Å². The highest BCUT2D eigenvalue weighted by Crippen LogP contribution is 2.24. The van der Waals surface area contributed by atoms with E-state index in [-0.39, 0.29) is 18.0 Å². The van der Waals surface area contributed by atoms with Gasteiger partial charge in [0.25, 0.3) is 0 Å². The molecular weight excluding hydrogens is 252 g/mol. The summed E-state index contributed by atoms with van der Waals surface area (Å²) in [6.45, 7) is 6.77. The average Bonchev–Trinajstić information content (AvgIpc) is 2.47. The number of unbranched alkanes of at least 4 members (excludes halogenated alkanes) is 1. The van der Waals surface area contributed by atoms with Crippen LogP contribution in [0.25, 0.3) is 0 Å². The minimum Gasteiger partial charge on any atom is -0.496 e. The topological polar surface area (TPSA) is 50.4 Å². The van der Waals surface area contributed by atoms with E-state index >= 15 is 0 Å². The second kappa shape index (κ2) is 8.59. The van der Waals surface area contributed by atoms with E-state index in [1.54, 1.807) is 7.11 Å². The first-order valence-corrected chi connectivity index (χ1v) is 7.26. The molecule has 2 atom stereocenters. The Morgan fingerprint density at radius 3 is 2.65 bits per heavy atom. The normalized spacial score (nSPS) is 13.6. The Bertz CT molecular complexity index is 421. The van der Waals surface area contributed by atoms with Gasteiger partial charge in [-0.05, 0) is 26.3 Å². The minimum atomic E-state index is -0.230. The number of carbonyl (C=O) groups excluding carboxylic acids is 1. The van der Waals surface area contributed by atoms with Crippen molar-refractivity contribution in [1.82, 2.24) is 10.6 Å². The summed E-state index contributed by atoms with van der Waals surface area (Å²) in [5, 5.41) is 6.24. The van der Waals surface area contributed by atoms with Gasteiger partial charge in [0.05, 0.1) is 13.2 Å². The summed E-state index contributed by atoms with van der Waals surface area (Å²) >= 11 is 0. The van der Waals surface area contributed by atoms with Crippen molar-refractivity contribution in [3.63, 3.8) is 0 Å². The zero-order valence-corrected chi connectivity index (χ0v) is 12.9. The van der Waals surface area contributed by atoms with Gasteiger partial charge in [-0.15, -0.1) is 0 Å². The molecule has 0 saturated heterocycles. The fourth-order valence-corrected chi connectivity index (χ4v) is 2.11. The SMILES string of the molecule is CCCCNC(=O)C(C)N[C@H](C)c1ccccc1OC. The van der Waals surface area contributed by atoms with Gasteiger partial charge in [-0.1, -0.05) is 31.5 Å². The van der Waals surface area contributed by atoms with Crippen LogP contribution in [0.15, 0.2) is 24.3 Å². The van der Waals surface area contributed by atoms with Crippen LogP contribution in [-0.4, -0.2) is 25.6 Å². The van der Waals surface area contributed by atoms with E-state index in [1.807, 2.05) is 38.1 Å². The number of carbonyl (C=O) groups is 1. The van der Waals surface area contributed by atoms with E-state index in [0.29, 0.717) is 0 Å². The Labute approximate surface area is 121 Å². The summed E-state index contributed by atoms with van der Waals surface area (Å²) < 4.78 is 5.35. The number of hydrogen-bond donors (Lipinski definition) is 2. The van der Waals surface area contributed by atoms with Crippen molar-refractivity contribution in [3.05, 3.63) is 29.8 Å². The molecule has 4 heteroatoms. The number of rotatable bonds is 8. The Morgan fingerprint density at radius 1 is 1.30 bits per heavy atom. The molecule has 112 valence electrons. The molecule has 0 aliphatic heterocycles. The first kappa shape index (κ1) is 16.5. The van der Waals surface area contributed by atoms with E-state index in [0.717, 1.165) is 30.7 Å². The molecular formula is C16H26N2O2. The van der Waals surface area contributed by atoms with Crippen LogP contribution in [0.3, 0.4) is 0 Å². The van der Waals surface area contributed by atoms with Crippen LogP contribution in [0.4, 0.5) is 0 Å². The molecule has 1 aromatic carbocycles. The number of nitrogens with one attached hydrogen (secondary N) is 2. The van der Waals surface area contributed by atoms with Gasteiger partial charge in [-0.2, -0.15) is 0 Å². The van der Waals surface area contributed by atoms with Crippen LogP contribution in [0.1, 0.15) is 45.2 Å². The fraction of sp³-hybridized carbons (Fsp3) is 0.562. The van der Waals surface area contributed by atoms with Crippen molar-refractivity contribution in [2.45, 2.75) is 45.7 Å². The van der Waals surface area contributed by atoms with Crippen LogP contribution in [0.5, 0.6) is 5.75 Å². The molecule has 2 N–H and O–H groups in total. The standard InChI is InChI=1S/C16H26N2O2/c1-5-6-11-17-16(19)13(3)18-12(2)14-9-7-8-10-15(14)20-4/h7-10,12-13,18H,5-6,11H2,1-4H3,(H,17,19)/t12-,13?/m1/s1. The van der Waals surface area contributed by atoms with Crippen molar-refractivity contribution < 1.29 is 9.53 Å². The van der Waals surface area contributed by atoms with E-state index in [2.05, 4.69) is 17.6 Å². The van der Waals surface area contributed by atoms with Crippen molar-refractivity contribution in [1.29, 1.82) is 0 Å². The summed E-state index contributed by atoms with van der Waals surface area (Å²) in [5.41, 5.74) is 1.06. The lowest BCUT2D eigenvalue weighted by Crippen LogP contribution is -2.43. The zero-order valence-electron chi connectivity index (χ0n) is 12.9. The Morgan fingerprint density at radius 2 is 2.00 bits per heavy atom. The van der Waals surface area contributed by atoms with E-state index in [9.17, 15) is 4.79 Å². The second-order valence-corrected chi connectivity index (χ2v) is 5.00. The molecule has 20 heavy (non-hydrogen) atoms. The van der Waals surface area contributed by atoms with Gasteiger partial charge in [0.2, 0.25) is 5.91 Å². The smallest absolute Gasteiger partial charge is 0.236 e. The molecule has 0 fully saturated rings. The predicted octanol–water partition coefficient (Wildman–Crippen LogP) is 2.65.